The summed E-state index contributed by atoms with van der Waals surface area (Å²) >= 11 is 0. The number of nitrogens with zero attached hydrogens (tertiary/aromatic N) is 2. The van der Waals surface area contributed by atoms with Crippen molar-refractivity contribution in [3.8, 4) is 0 Å². The molecular weight excluding hydrogens is 478 g/mol. The molecule has 2 heterocycles. The zero-order valence-electron chi connectivity index (χ0n) is 23.3. The molecule has 0 aliphatic carbocycles. The second-order valence-electron chi connectivity index (χ2n) is 10.1. The number of H-pyrrole nitrogens is 1. The predicted octanol–water partition coefficient (Wildman–Crippen LogP) is 9.41. The molecule has 0 radical (unpaired) electrons. The molecule has 4 nitrogen and oxygen atoms in total. The van der Waals surface area contributed by atoms with Gasteiger partial charge < -0.3 is 10.1 Å². The normalized spacial score (nSPS) is 10.6. The monoisotopic (exact) mass is 529 g/mol. The Morgan fingerprint density at radius 2 is 1.22 bits per heavy atom. The van der Waals surface area contributed by atoms with E-state index < -0.39 is 0 Å². The number of unbranched alkanes of at least 4 members (excludes halogenated alkanes) is 15. The summed E-state index contributed by atoms with van der Waals surface area (Å²) in [5.74, 6) is 0.916. The Labute approximate surface area is 232 Å². The van der Waals surface area contributed by atoms with Gasteiger partial charge in [-0.3, -0.25) is 4.98 Å². The van der Waals surface area contributed by atoms with Crippen LogP contribution in [-0.4, -0.2) is 26.7 Å². The van der Waals surface area contributed by atoms with Crippen LogP contribution in [0.2, 0.25) is 0 Å². The first-order valence-corrected chi connectivity index (χ1v) is 14.8. The van der Waals surface area contributed by atoms with Crippen LogP contribution in [0.5, 0.6) is 0 Å². The van der Waals surface area contributed by atoms with E-state index in [1.165, 1.54) is 108 Å². The largest absolute Gasteiger partial charge is 0.396 e. The van der Waals surface area contributed by atoms with E-state index >= 15 is 0 Å². The van der Waals surface area contributed by atoms with Crippen molar-refractivity contribution < 1.29 is 5.11 Å². The molecule has 1 aromatic carbocycles. The minimum atomic E-state index is 0. The molecule has 0 aliphatic heterocycles. The van der Waals surface area contributed by atoms with Gasteiger partial charge in [-0.25, -0.2) is 4.98 Å². The quantitative estimate of drug-likeness (QED) is 0.152. The highest BCUT2D eigenvalue weighted by Gasteiger charge is 2.01. The summed E-state index contributed by atoms with van der Waals surface area (Å²) in [6.07, 6.45) is 28.1. The summed E-state index contributed by atoms with van der Waals surface area (Å²) in [5.41, 5.74) is 2.21. The third-order valence-electron chi connectivity index (χ3n) is 6.83. The lowest BCUT2D eigenvalue weighted by atomic mass is 10.0. The van der Waals surface area contributed by atoms with Crippen LogP contribution in [0.25, 0.3) is 10.9 Å². The second-order valence-corrected chi connectivity index (χ2v) is 10.1. The average Bonchev–Trinajstić information content (AvgIpc) is 3.36. The van der Waals surface area contributed by atoms with Gasteiger partial charge in [0.15, 0.2) is 0 Å². The summed E-state index contributed by atoms with van der Waals surface area (Å²) in [6, 6.07) is 12.1. The Morgan fingerprint density at radius 1 is 0.676 bits per heavy atom. The molecule has 37 heavy (non-hydrogen) atoms. The molecule has 208 valence electrons. The van der Waals surface area contributed by atoms with Crippen molar-refractivity contribution in [2.45, 2.75) is 122 Å². The smallest absolute Gasteiger partial charge is 0.108 e. The van der Waals surface area contributed by atoms with Gasteiger partial charge >= 0.3 is 0 Å². The minimum absolute atomic E-state index is 0. The SMILES string of the molecule is CCCCCCCCCCCCCCCCCCc1c[nH]c(CCO)n1.Cl.c1ccc2ncccc2c1. The van der Waals surface area contributed by atoms with Crippen LogP contribution in [0.3, 0.4) is 0 Å². The highest BCUT2D eigenvalue weighted by Crippen LogP contribution is 2.14. The molecule has 3 rings (SSSR count). The lowest BCUT2D eigenvalue weighted by Crippen LogP contribution is -1.93. The Bertz CT molecular complexity index is 833. The molecule has 0 fully saturated rings. The Morgan fingerprint density at radius 3 is 1.78 bits per heavy atom. The van der Waals surface area contributed by atoms with Gasteiger partial charge in [0.2, 0.25) is 0 Å². The number of para-hydroxylation sites is 1. The van der Waals surface area contributed by atoms with Crippen molar-refractivity contribution in [3.05, 3.63) is 60.3 Å². The number of nitrogens with one attached hydrogen (secondary N) is 1. The molecule has 0 saturated carbocycles. The lowest BCUT2D eigenvalue weighted by molar-refractivity contribution is 0.297. The summed E-state index contributed by atoms with van der Waals surface area (Å²) in [6.45, 7) is 2.46. The van der Waals surface area contributed by atoms with Crippen LogP contribution in [0, 0.1) is 0 Å². The molecule has 0 unspecified atom stereocenters. The van der Waals surface area contributed by atoms with E-state index in [0.717, 1.165) is 23.5 Å². The van der Waals surface area contributed by atoms with Crippen molar-refractivity contribution in [1.82, 2.24) is 15.0 Å². The number of aliphatic hydroxyl groups excluding tert-OH is 1. The number of halogens is 1. The number of imidazole rings is 1. The van der Waals surface area contributed by atoms with Crippen LogP contribution in [0.4, 0.5) is 0 Å². The third kappa shape index (κ3) is 16.5. The van der Waals surface area contributed by atoms with Crippen LogP contribution < -0.4 is 0 Å². The molecule has 0 spiro atoms. The standard InChI is InChI=1S/C23H44N2O.C9H7N.ClH/c1-2-3-4-5-6-7-8-9-10-11-12-13-14-15-16-17-18-22-21-24-23(25-22)19-20-26;1-2-6-9-8(4-1)5-3-7-10-9;/h21,26H,2-20H2,1H3,(H,24,25);1-7H;1H. The maximum atomic E-state index is 8.89. The molecule has 3 aromatic rings. The van der Waals surface area contributed by atoms with E-state index in [4.69, 9.17) is 5.11 Å². The zero-order chi connectivity index (χ0) is 25.5. The number of benzene rings is 1. The number of fused-ring (bicyclic) bond motifs is 1. The minimum Gasteiger partial charge on any atom is -0.396 e. The van der Waals surface area contributed by atoms with Gasteiger partial charge in [-0.2, -0.15) is 0 Å². The van der Waals surface area contributed by atoms with Gasteiger partial charge in [-0.15, -0.1) is 12.4 Å². The summed E-state index contributed by atoms with van der Waals surface area (Å²) in [4.78, 5) is 11.8. The van der Waals surface area contributed by atoms with Crippen molar-refractivity contribution in [2.75, 3.05) is 6.61 Å². The van der Waals surface area contributed by atoms with Gasteiger partial charge in [0.1, 0.15) is 5.82 Å². The number of pyridine rings is 1. The number of aliphatic hydroxyl groups is 1. The van der Waals surface area contributed by atoms with E-state index in [-0.39, 0.29) is 19.0 Å². The fourth-order valence-corrected chi connectivity index (χ4v) is 4.64. The number of hydrogen-bond acceptors (Lipinski definition) is 3. The van der Waals surface area contributed by atoms with Crippen LogP contribution >= 0.6 is 12.4 Å². The molecule has 2 N–H and O–H groups in total. The van der Waals surface area contributed by atoms with Gasteiger partial charge in [-0.1, -0.05) is 128 Å². The first-order valence-electron chi connectivity index (χ1n) is 14.8. The Kier molecular flexibility index (Phi) is 20.8. The van der Waals surface area contributed by atoms with Gasteiger partial charge in [0.05, 0.1) is 17.8 Å². The summed E-state index contributed by atoms with van der Waals surface area (Å²) < 4.78 is 0. The molecule has 5 heteroatoms. The van der Waals surface area contributed by atoms with Gasteiger partial charge in [0.25, 0.3) is 0 Å². The highest BCUT2D eigenvalue weighted by atomic mass is 35.5. The van der Waals surface area contributed by atoms with E-state index in [0.29, 0.717) is 6.42 Å². The van der Waals surface area contributed by atoms with E-state index in [1.807, 2.05) is 36.7 Å². The molecular formula is C32H52ClN3O. The lowest BCUT2D eigenvalue weighted by Gasteiger charge is -2.03. The third-order valence-corrected chi connectivity index (χ3v) is 6.83. The number of hydrogen-bond donors (Lipinski definition) is 2. The molecule has 0 bridgehead atoms. The van der Waals surface area contributed by atoms with Crippen LogP contribution in [-0.2, 0) is 12.8 Å². The van der Waals surface area contributed by atoms with E-state index in [2.05, 4.69) is 34.0 Å². The van der Waals surface area contributed by atoms with Crippen molar-refractivity contribution >= 4 is 23.3 Å². The van der Waals surface area contributed by atoms with Crippen molar-refractivity contribution in [3.63, 3.8) is 0 Å². The molecule has 0 aliphatic rings. The topological polar surface area (TPSA) is 61.8 Å². The van der Waals surface area contributed by atoms with Crippen LogP contribution in [0.1, 0.15) is 121 Å². The fourth-order valence-electron chi connectivity index (χ4n) is 4.64. The fraction of sp³-hybridized carbons (Fsp3) is 0.625. The molecule has 2 aromatic heterocycles. The van der Waals surface area contributed by atoms with E-state index in [1.54, 1.807) is 0 Å². The van der Waals surface area contributed by atoms with Crippen molar-refractivity contribution in [1.29, 1.82) is 0 Å². The number of aromatic amines is 1. The number of aryl methyl sites for hydroxylation is 1. The molecule has 0 saturated heterocycles. The maximum Gasteiger partial charge on any atom is 0.108 e. The molecule has 0 amide bonds. The second kappa shape index (κ2) is 23.2. The predicted molar refractivity (Wildman–Crippen MR) is 162 cm³/mol. The Hall–Kier alpha value is -1.91. The Balaban J connectivity index is 0.000000513. The highest BCUT2D eigenvalue weighted by molar-refractivity contribution is 5.85. The molecule has 0 atom stereocenters. The average molecular weight is 530 g/mol. The van der Waals surface area contributed by atoms with E-state index in [9.17, 15) is 0 Å². The number of aromatic nitrogens is 3. The first-order chi connectivity index (χ1) is 17.8. The zero-order valence-corrected chi connectivity index (χ0v) is 24.1. The number of rotatable bonds is 19. The first kappa shape index (κ1) is 33.1. The summed E-state index contributed by atoms with van der Waals surface area (Å²) in [7, 11) is 0. The van der Waals surface area contributed by atoms with Gasteiger partial charge in [0, 0.05) is 24.2 Å². The van der Waals surface area contributed by atoms with Crippen LogP contribution in [0.15, 0.2) is 48.8 Å². The summed E-state index contributed by atoms with van der Waals surface area (Å²) in [5, 5.41) is 10.1. The van der Waals surface area contributed by atoms with Crippen molar-refractivity contribution in [2.24, 2.45) is 0 Å². The maximum absolute atomic E-state index is 8.89. The van der Waals surface area contributed by atoms with Gasteiger partial charge in [-0.05, 0) is 25.0 Å².